The number of hydrogen-bond donors (Lipinski definition) is 2. The average molecular weight is 302 g/mol. The molecule has 2 aromatic carbocycles. The average Bonchev–Trinajstić information content (AvgIpc) is 2.46. The Labute approximate surface area is 127 Å². The highest BCUT2D eigenvalue weighted by atomic mass is 32.1. The first-order valence-corrected chi connectivity index (χ1v) is 6.59. The summed E-state index contributed by atoms with van der Waals surface area (Å²) in [5.41, 5.74) is 5.91. The molecule has 108 valence electrons. The molecule has 0 radical (unpaired) electrons. The van der Waals surface area contributed by atoms with Crippen molar-refractivity contribution in [3.63, 3.8) is 0 Å². The van der Waals surface area contributed by atoms with Crippen LogP contribution in [0.1, 0.15) is 0 Å². The Morgan fingerprint density at radius 3 is 2.52 bits per heavy atom. The molecule has 0 spiro atoms. The van der Waals surface area contributed by atoms with Crippen molar-refractivity contribution in [1.29, 1.82) is 0 Å². The van der Waals surface area contributed by atoms with Gasteiger partial charge in [0.25, 0.3) is 0 Å². The van der Waals surface area contributed by atoms with Crippen LogP contribution in [0.4, 0.5) is 10.5 Å². The summed E-state index contributed by atoms with van der Waals surface area (Å²) >= 11 is 4.73. The molecule has 0 bridgehead atoms. The van der Waals surface area contributed by atoms with Crippen LogP contribution < -0.4 is 20.5 Å². The lowest BCUT2D eigenvalue weighted by Crippen LogP contribution is -2.18. The van der Waals surface area contributed by atoms with Crippen LogP contribution in [0.3, 0.4) is 0 Å². The molecule has 6 heteroatoms. The monoisotopic (exact) mass is 302 g/mol. The van der Waals surface area contributed by atoms with Crippen LogP contribution in [0.2, 0.25) is 0 Å². The molecule has 0 unspecified atom stereocenters. The molecule has 2 rings (SSSR count). The number of anilines is 1. The molecule has 0 aromatic heterocycles. The molecule has 0 saturated carbocycles. The standard InChI is InChI=1S/C15H14N2O3S/c16-14(21)10-19-13-8-4-5-11(9-13)17-15(18)20-12-6-2-1-3-7-12/h1-9H,10H2,(H2,16,21)(H,17,18). The molecule has 0 aliphatic carbocycles. The molecule has 21 heavy (non-hydrogen) atoms. The summed E-state index contributed by atoms with van der Waals surface area (Å²) in [6, 6.07) is 15.7. The van der Waals surface area contributed by atoms with Gasteiger partial charge >= 0.3 is 6.09 Å². The maximum Gasteiger partial charge on any atom is 0.417 e. The van der Waals surface area contributed by atoms with Gasteiger partial charge in [0.15, 0.2) is 0 Å². The maximum absolute atomic E-state index is 11.7. The van der Waals surface area contributed by atoms with Crippen molar-refractivity contribution in [3.8, 4) is 11.5 Å². The number of carbonyl (C=O) groups is 1. The predicted molar refractivity (Wildman–Crippen MR) is 84.8 cm³/mol. The summed E-state index contributed by atoms with van der Waals surface area (Å²) < 4.78 is 10.5. The minimum atomic E-state index is -0.576. The second-order valence-corrected chi connectivity index (χ2v) is 4.63. The fourth-order valence-electron chi connectivity index (χ4n) is 1.56. The van der Waals surface area contributed by atoms with Crippen molar-refractivity contribution in [1.82, 2.24) is 0 Å². The van der Waals surface area contributed by atoms with E-state index in [9.17, 15) is 4.79 Å². The lowest BCUT2D eigenvalue weighted by molar-refractivity contribution is 0.215. The third-order valence-electron chi connectivity index (χ3n) is 2.42. The summed E-state index contributed by atoms with van der Waals surface area (Å²) in [6.45, 7) is 0.146. The first-order chi connectivity index (χ1) is 10.1. The Kier molecular flexibility index (Phi) is 5.11. The predicted octanol–water partition coefficient (Wildman–Crippen LogP) is 2.96. The van der Waals surface area contributed by atoms with Crippen molar-refractivity contribution in [2.75, 3.05) is 11.9 Å². The van der Waals surface area contributed by atoms with E-state index in [0.29, 0.717) is 17.2 Å². The van der Waals surface area contributed by atoms with Gasteiger partial charge in [-0.3, -0.25) is 5.32 Å². The van der Waals surface area contributed by atoms with Gasteiger partial charge in [-0.15, -0.1) is 0 Å². The Morgan fingerprint density at radius 1 is 1.10 bits per heavy atom. The maximum atomic E-state index is 11.7. The number of benzene rings is 2. The summed E-state index contributed by atoms with van der Waals surface area (Å²) in [4.78, 5) is 12.0. The Morgan fingerprint density at radius 2 is 1.81 bits per heavy atom. The zero-order chi connectivity index (χ0) is 15.1. The third kappa shape index (κ3) is 5.12. The van der Waals surface area contributed by atoms with E-state index in [1.54, 1.807) is 48.5 Å². The van der Waals surface area contributed by atoms with E-state index < -0.39 is 6.09 Å². The number of ether oxygens (including phenoxy) is 2. The van der Waals surface area contributed by atoms with Crippen LogP contribution in [-0.2, 0) is 0 Å². The molecule has 0 atom stereocenters. The quantitative estimate of drug-likeness (QED) is 0.831. The number of amides is 1. The molecule has 0 saturated heterocycles. The van der Waals surface area contributed by atoms with Gasteiger partial charge in [0.1, 0.15) is 23.1 Å². The molecule has 1 amide bonds. The van der Waals surface area contributed by atoms with E-state index in [-0.39, 0.29) is 11.6 Å². The Hall–Kier alpha value is -2.60. The van der Waals surface area contributed by atoms with Gasteiger partial charge in [0, 0.05) is 11.8 Å². The lowest BCUT2D eigenvalue weighted by atomic mass is 10.3. The van der Waals surface area contributed by atoms with Crippen LogP contribution in [0, 0.1) is 0 Å². The van der Waals surface area contributed by atoms with Crippen molar-refractivity contribution < 1.29 is 14.3 Å². The number of carbonyl (C=O) groups excluding carboxylic acids is 1. The Balaban J connectivity index is 1.94. The molecule has 2 aromatic rings. The molecule has 3 N–H and O–H groups in total. The number of hydrogen-bond acceptors (Lipinski definition) is 4. The van der Waals surface area contributed by atoms with E-state index in [1.807, 2.05) is 6.07 Å². The molecule has 0 aliphatic heterocycles. The van der Waals surface area contributed by atoms with Crippen LogP contribution in [0.25, 0.3) is 0 Å². The first kappa shape index (κ1) is 14.8. The molecule has 0 fully saturated rings. The van der Waals surface area contributed by atoms with Crippen molar-refractivity contribution in [2.45, 2.75) is 0 Å². The van der Waals surface area contributed by atoms with Gasteiger partial charge in [-0.1, -0.05) is 36.5 Å². The van der Waals surface area contributed by atoms with Crippen LogP contribution in [0.15, 0.2) is 54.6 Å². The highest BCUT2D eigenvalue weighted by molar-refractivity contribution is 7.80. The minimum absolute atomic E-state index is 0.146. The van der Waals surface area contributed by atoms with Gasteiger partial charge in [0.05, 0.1) is 0 Å². The van der Waals surface area contributed by atoms with Gasteiger partial charge < -0.3 is 15.2 Å². The molecular weight excluding hydrogens is 288 g/mol. The lowest BCUT2D eigenvalue weighted by Gasteiger charge is -2.09. The minimum Gasteiger partial charge on any atom is -0.486 e. The smallest absolute Gasteiger partial charge is 0.417 e. The number of nitrogens with two attached hydrogens (primary N) is 1. The van der Waals surface area contributed by atoms with Gasteiger partial charge in [0.2, 0.25) is 0 Å². The SMILES string of the molecule is NC(=S)COc1cccc(NC(=O)Oc2ccccc2)c1. The zero-order valence-corrected chi connectivity index (χ0v) is 11.9. The normalized spacial score (nSPS) is 9.71. The highest BCUT2D eigenvalue weighted by Gasteiger charge is 2.05. The number of rotatable bonds is 5. The van der Waals surface area contributed by atoms with Crippen molar-refractivity contribution in [3.05, 3.63) is 54.6 Å². The van der Waals surface area contributed by atoms with E-state index in [0.717, 1.165) is 0 Å². The summed E-state index contributed by atoms with van der Waals surface area (Å²) in [5, 5.41) is 2.61. The molecule has 0 heterocycles. The van der Waals surface area contributed by atoms with Gasteiger partial charge in [-0.2, -0.15) is 0 Å². The van der Waals surface area contributed by atoms with Crippen LogP contribution >= 0.6 is 12.2 Å². The Bertz CT molecular complexity index is 632. The summed E-state index contributed by atoms with van der Waals surface area (Å²) in [7, 11) is 0. The van der Waals surface area contributed by atoms with Gasteiger partial charge in [-0.25, -0.2) is 4.79 Å². The highest BCUT2D eigenvalue weighted by Crippen LogP contribution is 2.18. The second-order valence-electron chi connectivity index (χ2n) is 4.11. The van der Waals surface area contributed by atoms with Crippen molar-refractivity contribution >= 4 is 29.0 Å². The third-order valence-corrected chi connectivity index (χ3v) is 2.53. The van der Waals surface area contributed by atoms with Gasteiger partial charge in [-0.05, 0) is 24.3 Å². The second kappa shape index (κ2) is 7.25. The topological polar surface area (TPSA) is 73.6 Å². The zero-order valence-electron chi connectivity index (χ0n) is 11.1. The van der Waals surface area contributed by atoms with Crippen LogP contribution in [-0.4, -0.2) is 17.7 Å². The van der Waals surface area contributed by atoms with E-state index >= 15 is 0 Å². The summed E-state index contributed by atoms with van der Waals surface area (Å²) in [5.74, 6) is 1.02. The molecule has 0 aliphatic rings. The fraction of sp³-hybridized carbons (Fsp3) is 0.0667. The fourth-order valence-corrected chi connectivity index (χ4v) is 1.62. The van der Waals surface area contributed by atoms with Crippen molar-refractivity contribution in [2.24, 2.45) is 5.73 Å². The first-order valence-electron chi connectivity index (χ1n) is 6.18. The number of para-hydroxylation sites is 1. The summed E-state index contributed by atoms with van der Waals surface area (Å²) in [6.07, 6.45) is -0.576. The number of thiocarbonyl (C=S) groups is 1. The largest absolute Gasteiger partial charge is 0.486 e. The molecule has 5 nitrogen and oxygen atoms in total. The molecular formula is C15H14N2O3S. The van der Waals surface area contributed by atoms with E-state index in [4.69, 9.17) is 27.4 Å². The number of nitrogens with one attached hydrogen (secondary N) is 1. The van der Waals surface area contributed by atoms with Crippen LogP contribution in [0.5, 0.6) is 11.5 Å². The van der Waals surface area contributed by atoms with E-state index in [2.05, 4.69) is 5.32 Å². The van der Waals surface area contributed by atoms with E-state index in [1.165, 1.54) is 0 Å².